The van der Waals surface area contributed by atoms with Crippen LogP contribution in [0.5, 0.6) is 0 Å². The molecule has 1 saturated carbocycles. The Balaban J connectivity index is 1.61. The molecule has 5 heteroatoms. The van der Waals surface area contributed by atoms with E-state index in [1.165, 1.54) is 23.4 Å². The second-order valence-electron chi connectivity index (χ2n) is 3.79. The number of aromatic amines is 1. The SMILES string of the molecule is c1cc(CNc2nnc(C3CC3)s2)c[nH]1. The predicted octanol–water partition coefficient (Wildman–Crippen LogP) is 2.36. The lowest BCUT2D eigenvalue weighted by Gasteiger charge is -1.97. The lowest BCUT2D eigenvalue weighted by molar-refractivity contribution is 0.968. The first-order valence-electron chi connectivity index (χ1n) is 5.11. The van der Waals surface area contributed by atoms with E-state index >= 15 is 0 Å². The van der Waals surface area contributed by atoms with E-state index in [2.05, 4.69) is 26.6 Å². The van der Waals surface area contributed by atoms with Gasteiger partial charge in [0.2, 0.25) is 5.13 Å². The number of nitrogens with zero attached hydrogens (tertiary/aromatic N) is 2. The first-order chi connectivity index (χ1) is 7.42. The van der Waals surface area contributed by atoms with E-state index < -0.39 is 0 Å². The van der Waals surface area contributed by atoms with Gasteiger partial charge >= 0.3 is 0 Å². The fourth-order valence-electron chi connectivity index (χ4n) is 1.45. The lowest BCUT2D eigenvalue weighted by Crippen LogP contribution is -1.97. The molecule has 0 atom stereocenters. The summed E-state index contributed by atoms with van der Waals surface area (Å²) in [6, 6.07) is 2.05. The predicted molar refractivity (Wildman–Crippen MR) is 60.0 cm³/mol. The maximum absolute atomic E-state index is 4.18. The number of nitrogens with one attached hydrogen (secondary N) is 2. The molecule has 2 heterocycles. The largest absolute Gasteiger partial charge is 0.367 e. The van der Waals surface area contributed by atoms with Crippen molar-refractivity contribution in [2.45, 2.75) is 25.3 Å². The fourth-order valence-corrected chi connectivity index (χ4v) is 2.36. The van der Waals surface area contributed by atoms with Gasteiger partial charge in [0, 0.05) is 24.9 Å². The van der Waals surface area contributed by atoms with E-state index in [0.29, 0.717) is 5.92 Å². The van der Waals surface area contributed by atoms with Crippen LogP contribution in [-0.2, 0) is 6.54 Å². The van der Waals surface area contributed by atoms with Crippen molar-refractivity contribution in [3.63, 3.8) is 0 Å². The highest BCUT2D eigenvalue weighted by molar-refractivity contribution is 7.15. The monoisotopic (exact) mass is 220 g/mol. The molecule has 2 N–H and O–H groups in total. The highest BCUT2D eigenvalue weighted by Crippen LogP contribution is 2.42. The van der Waals surface area contributed by atoms with Crippen LogP contribution < -0.4 is 5.32 Å². The zero-order chi connectivity index (χ0) is 10.1. The number of H-pyrrole nitrogens is 1. The summed E-state index contributed by atoms with van der Waals surface area (Å²) in [5.74, 6) is 0.699. The summed E-state index contributed by atoms with van der Waals surface area (Å²) in [5, 5.41) is 13.7. The summed E-state index contributed by atoms with van der Waals surface area (Å²) < 4.78 is 0. The van der Waals surface area contributed by atoms with E-state index in [1.54, 1.807) is 11.3 Å². The number of rotatable bonds is 4. The summed E-state index contributed by atoms with van der Waals surface area (Å²) >= 11 is 1.68. The molecule has 0 amide bonds. The average molecular weight is 220 g/mol. The van der Waals surface area contributed by atoms with Crippen molar-refractivity contribution in [2.75, 3.05) is 5.32 Å². The van der Waals surface area contributed by atoms with Crippen LogP contribution in [0, 0.1) is 0 Å². The molecule has 15 heavy (non-hydrogen) atoms. The molecular weight excluding hydrogens is 208 g/mol. The Morgan fingerprint density at radius 2 is 2.40 bits per heavy atom. The third-order valence-corrected chi connectivity index (χ3v) is 3.52. The number of hydrogen-bond donors (Lipinski definition) is 2. The van der Waals surface area contributed by atoms with E-state index in [4.69, 9.17) is 0 Å². The summed E-state index contributed by atoms with van der Waals surface area (Å²) in [6.07, 6.45) is 6.47. The second kappa shape index (κ2) is 3.66. The quantitative estimate of drug-likeness (QED) is 0.831. The van der Waals surface area contributed by atoms with Gasteiger partial charge in [0.05, 0.1) is 0 Å². The molecular formula is C10H12N4S. The zero-order valence-corrected chi connectivity index (χ0v) is 9.05. The smallest absolute Gasteiger partial charge is 0.205 e. The Morgan fingerprint density at radius 3 is 3.13 bits per heavy atom. The van der Waals surface area contributed by atoms with Gasteiger partial charge in [-0.1, -0.05) is 11.3 Å². The fraction of sp³-hybridized carbons (Fsp3) is 0.400. The van der Waals surface area contributed by atoms with Crippen LogP contribution >= 0.6 is 11.3 Å². The van der Waals surface area contributed by atoms with Crippen LogP contribution in [0.3, 0.4) is 0 Å². The third kappa shape index (κ3) is 2.02. The summed E-state index contributed by atoms with van der Waals surface area (Å²) in [4.78, 5) is 3.03. The van der Waals surface area contributed by atoms with Gasteiger partial charge in [-0.2, -0.15) is 0 Å². The van der Waals surface area contributed by atoms with Gasteiger partial charge in [0.1, 0.15) is 5.01 Å². The molecule has 0 aliphatic heterocycles. The number of hydrogen-bond acceptors (Lipinski definition) is 4. The maximum atomic E-state index is 4.18. The molecule has 0 spiro atoms. The Labute approximate surface area is 91.7 Å². The van der Waals surface area contributed by atoms with Gasteiger partial charge in [0.15, 0.2) is 0 Å². The molecule has 2 aromatic heterocycles. The molecule has 3 rings (SSSR count). The maximum Gasteiger partial charge on any atom is 0.205 e. The standard InChI is InChI=1S/C10H12N4S/c1-2-8(1)9-13-14-10(15-9)12-6-7-3-4-11-5-7/h3-5,8,11H,1-2,6H2,(H,12,14). The third-order valence-electron chi connectivity index (χ3n) is 2.47. The highest BCUT2D eigenvalue weighted by atomic mass is 32.1. The molecule has 0 bridgehead atoms. The topological polar surface area (TPSA) is 53.6 Å². The van der Waals surface area contributed by atoms with Crippen molar-refractivity contribution in [3.8, 4) is 0 Å². The Bertz CT molecular complexity index is 430. The first-order valence-corrected chi connectivity index (χ1v) is 5.92. The number of anilines is 1. The minimum absolute atomic E-state index is 0.699. The van der Waals surface area contributed by atoms with Crippen molar-refractivity contribution < 1.29 is 0 Å². The molecule has 1 aliphatic carbocycles. The molecule has 78 valence electrons. The molecule has 0 unspecified atom stereocenters. The molecule has 0 radical (unpaired) electrons. The highest BCUT2D eigenvalue weighted by Gasteiger charge is 2.27. The molecule has 4 nitrogen and oxygen atoms in total. The van der Waals surface area contributed by atoms with E-state index in [0.717, 1.165) is 11.7 Å². The Hall–Kier alpha value is -1.36. The van der Waals surface area contributed by atoms with E-state index in [1.807, 2.05) is 12.4 Å². The molecule has 2 aromatic rings. The molecule has 0 saturated heterocycles. The van der Waals surface area contributed by atoms with Gasteiger partial charge in [-0.15, -0.1) is 10.2 Å². The molecule has 0 aromatic carbocycles. The van der Waals surface area contributed by atoms with Gasteiger partial charge in [-0.3, -0.25) is 0 Å². The van der Waals surface area contributed by atoms with Crippen molar-refractivity contribution >= 4 is 16.5 Å². The Morgan fingerprint density at radius 1 is 1.47 bits per heavy atom. The number of aromatic nitrogens is 3. The van der Waals surface area contributed by atoms with E-state index in [9.17, 15) is 0 Å². The van der Waals surface area contributed by atoms with Crippen LogP contribution in [-0.4, -0.2) is 15.2 Å². The molecule has 1 fully saturated rings. The van der Waals surface area contributed by atoms with Crippen LogP contribution in [0.4, 0.5) is 5.13 Å². The van der Waals surface area contributed by atoms with Gasteiger partial charge in [-0.05, 0) is 24.5 Å². The summed E-state index contributed by atoms with van der Waals surface area (Å²) in [6.45, 7) is 0.808. The van der Waals surface area contributed by atoms with Crippen molar-refractivity contribution in [1.29, 1.82) is 0 Å². The van der Waals surface area contributed by atoms with Crippen molar-refractivity contribution in [1.82, 2.24) is 15.2 Å². The lowest BCUT2D eigenvalue weighted by atomic mass is 10.3. The Kier molecular flexibility index (Phi) is 2.17. The first kappa shape index (κ1) is 8.91. The minimum atomic E-state index is 0.699. The van der Waals surface area contributed by atoms with Crippen LogP contribution in [0.15, 0.2) is 18.5 Å². The zero-order valence-electron chi connectivity index (χ0n) is 8.23. The van der Waals surface area contributed by atoms with Crippen molar-refractivity contribution in [3.05, 3.63) is 29.0 Å². The molecule has 1 aliphatic rings. The van der Waals surface area contributed by atoms with Gasteiger partial charge in [-0.25, -0.2) is 0 Å². The summed E-state index contributed by atoms with van der Waals surface area (Å²) in [7, 11) is 0. The normalized spacial score (nSPS) is 15.5. The van der Waals surface area contributed by atoms with Gasteiger partial charge in [0.25, 0.3) is 0 Å². The minimum Gasteiger partial charge on any atom is -0.367 e. The van der Waals surface area contributed by atoms with Crippen LogP contribution in [0.2, 0.25) is 0 Å². The van der Waals surface area contributed by atoms with Crippen LogP contribution in [0.1, 0.15) is 29.3 Å². The second-order valence-corrected chi connectivity index (χ2v) is 4.80. The van der Waals surface area contributed by atoms with E-state index in [-0.39, 0.29) is 0 Å². The van der Waals surface area contributed by atoms with Crippen molar-refractivity contribution in [2.24, 2.45) is 0 Å². The van der Waals surface area contributed by atoms with Crippen LogP contribution in [0.25, 0.3) is 0 Å². The summed E-state index contributed by atoms with van der Waals surface area (Å²) in [5.41, 5.74) is 1.23. The van der Waals surface area contributed by atoms with Gasteiger partial charge < -0.3 is 10.3 Å². The average Bonchev–Trinajstić information content (AvgIpc) is 2.82.